The van der Waals surface area contributed by atoms with Crippen LogP contribution in [0.15, 0.2) is 12.2 Å². The third kappa shape index (κ3) is 5.36. The minimum absolute atomic E-state index is 0.775. The third-order valence-corrected chi connectivity index (χ3v) is 3.35. The zero-order chi connectivity index (χ0) is 11.1. The summed E-state index contributed by atoms with van der Waals surface area (Å²) in [6, 6.07) is 0.775. The molecule has 0 amide bonds. The van der Waals surface area contributed by atoms with Crippen molar-refractivity contribution in [2.24, 2.45) is 5.92 Å². The predicted molar refractivity (Wildman–Crippen MR) is 68.1 cm³/mol. The van der Waals surface area contributed by atoms with Gasteiger partial charge >= 0.3 is 0 Å². The van der Waals surface area contributed by atoms with Crippen LogP contribution in [0.25, 0.3) is 0 Å². The number of hydrogen-bond acceptors (Lipinski definition) is 1. The van der Waals surface area contributed by atoms with E-state index in [4.69, 9.17) is 0 Å². The molecule has 2 unspecified atom stereocenters. The molecule has 0 radical (unpaired) electrons. The smallest absolute Gasteiger partial charge is 0.00698 e. The normalized spacial score (nSPS) is 27.3. The molecule has 0 aromatic rings. The second-order valence-corrected chi connectivity index (χ2v) is 5.20. The van der Waals surface area contributed by atoms with Gasteiger partial charge in [-0.1, -0.05) is 31.8 Å². The summed E-state index contributed by atoms with van der Waals surface area (Å²) in [5.74, 6) is 0.888. The van der Waals surface area contributed by atoms with Gasteiger partial charge in [0, 0.05) is 6.04 Å². The van der Waals surface area contributed by atoms with Crippen LogP contribution in [-0.2, 0) is 0 Å². The number of rotatable bonds is 5. The van der Waals surface area contributed by atoms with Gasteiger partial charge in [-0.3, -0.25) is 0 Å². The molecule has 0 heterocycles. The van der Waals surface area contributed by atoms with Crippen molar-refractivity contribution in [1.29, 1.82) is 0 Å². The van der Waals surface area contributed by atoms with Crippen molar-refractivity contribution in [3.8, 4) is 0 Å². The summed E-state index contributed by atoms with van der Waals surface area (Å²) < 4.78 is 0. The molecule has 0 aromatic carbocycles. The SMILES string of the molecule is C=C(C)CC1CCCCC(NCCC)C1. The predicted octanol–water partition coefficient (Wildman–Crippen LogP) is 3.90. The fourth-order valence-corrected chi connectivity index (χ4v) is 2.67. The first kappa shape index (κ1) is 12.8. The van der Waals surface area contributed by atoms with Crippen molar-refractivity contribution in [2.45, 2.75) is 64.8 Å². The van der Waals surface area contributed by atoms with E-state index in [1.165, 1.54) is 57.1 Å². The van der Waals surface area contributed by atoms with Crippen LogP contribution in [0, 0.1) is 5.92 Å². The highest BCUT2D eigenvalue weighted by Gasteiger charge is 2.19. The van der Waals surface area contributed by atoms with Gasteiger partial charge in [-0.2, -0.15) is 0 Å². The Bertz CT molecular complexity index is 186. The van der Waals surface area contributed by atoms with Crippen LogP contribution in [-0.4, -0.2) is 12.6 Å². The molecule has 1 aliphatic rings. The van der Waals surface area contributed by atoms with Gasteiger partial charge in [-0.25, -0.2) is 0 Å². The monoisotopic (exact) mass is 209 g/mol. The molecule has 1 N–H and O–H groups in total. The molecule has 0 aliphatic heterocycles. The third-order valence-electron chi connectivity index (χ3n) is 3.35. The largest absolute Gasteiger partial charge is 0.314 e. The van der Waals surface area contributed by atoms with Crippen molar-refractivity contribution in [2.75, 3.05) is 6.54 Å². The Morgan fingerprint density at radius 1 is 1.33 bits per heavy atom. The summed E-state index contributed by atoms with van der Waals surface area (Å²) in [6.07, 6.45) is 9.49. The lowest BCUT2D eigenvalue weighted by Gasteiger charge is -2.21. The zero-order valence-corrected chi connectivity index (χ0v) is 10.5. The van der Waals surface area contributed by atoms with Gasteiger partial charge in [0.15, 0.2) is 0 Å². The van der Waals surface area contributed by atoms with Crippen LogP contribution >= 0.6 is 0 Å². The van der Waals surface area contributed by atoms with E-state index in [1.807, 2.05) is 0 Å². The van der Waals surface area contributed by atoms with E-state index >= 15 is 0 Å². The van der Waals surface area contributed by atoms with E-state index in [1.54, 1.807) is 0 Å². The van der Waals surface area contributed by atoms with Crippen LogP contribution in [0.5, 0.6) is 0 Å². The fraction of sp³-hybridized carbons (Fsp3) is 0.857. The van der Waals surface area contributed by atoms with Gasteiger partial charge < -0.3 is 5.32 Å². The molecule has 0 saturated heterocycles. The Kier molecular flexibility index (Phi) is 6.00. The molecule has 1 nitrogen and oxygen atoms in total. The fourth-order valence-electron chi connectivity index (χ4n) is 2.67. The summed E-state index contributed by atoms with van der Waals surface area (Å²) in [5, 5.41) is 3.68. The van der Waals surface area contributed by atoms with E-state index in [-0.39, 0.29) is 0 Å². The van der Waals surface area contributed by atoms with E-state index < -0.39 is 0 Å². The molecule has 2 atom stereocenters. The van der Waals surface area contributed by atoms with E-state index in [0.717, 1.165) is 12.0 Å². The molecule has 0 bridgehead atoms. The maximum atomic E-state index is 4.05. The van der Waals surface area contributed by atoms with Gasteiger partial charge in [0.25, 0.3) is 0 Å². The van der Waals surface area contributed by atoms with E-state index in [0.29, 0.717) is 0 Å². The standard InChI is InChI=1S/C14H27N/c1-4-9-15-14-8-6-5-7-13(11-14)10-12(2)3/h13-15H,2,4-11H2,1,3H3. The number of allylic oxidation sites excluding steroid dienone is 1. The van der Waals surface area contributed by atoms with Crippen LogP contribution < -0.4 is 5.32 Å². The lowest BCUT2D eigenvalue weighted by molar-refractivity contribution is 0.384. The molecular weight excluding hydrogens is 182 g/mol. The Morgan fingerprint density at radius 2 is 2.07 bits per heavy atom. The lowest BCUT2D eigenvalue weighted by atomic mass is 9.92. The first-order valence-corrected chi connectivity index (χ1v) is 6.60. The molecule has 1 saturated carbocycles. The Labute approximate surface area is 95.3 Å². The zero-order valence-electron chi connectivity index (χ0n) is 10.5. The number of hydrogen-bond donors (Lipinski definition) is 1. The van der Waals surface area contributed by atoms with Crippen molar-refractivity contribution in [3.63, 3.8) is 0 Å². The number of nitrogens with one attached hydrogen (secondary N) is 1. The molecule has 0 spiro atoms. The highest BCUT2D eigenvalue weighted by Crippen LogP contribution is 2.27. The summed E-state index contributed by atoms with van der Waals surface area (Å²) >= 11 is 0. The molecule has 1 rings (SSSR count). The first-order valence-electron chi connectivity index (χ1n) is 6.60. The molecular formula is C14H27N. The topological polar surface area (TPSA) is 12.0 Å². The minimum atomic E-state index is 0.775. The summed E-state index contributed by atoms with van der Waals surface area (Å²) in [4.78, 5) is 0. The minimum Gasteiger partial charge on any atom is -0.314 e. The second kappa shape index (κ2) is 7.05. The molecule has 1 fully saturated rings. The molecule has 1 aliphatic carbocycles. The quantitative estimate of drug-likeness (QED) is 0.535. The van der Waals surface area contributed by atoms with Gasteiger partial charge in [0.05, 0.1) is 0 Å². The van der Waals surface area contributed by atoms with Crippen LogP contribution in [0.4, 0.5) is 0 Å². The maximum absolute atomic E-state index is 4.05. The van der Waals surface area contributed by atoms with Gasteiger partial charge in [0.2, 0.25) is 0 Å². The summed E-state index contributed by atoms with van der Waals surface area (Å²) in [6.45, 7) is 9.64. The average molecular weight is 209 g/mol. The molecule has 0 aromatic heterocycles. The molecule has 88 valence electrons. The van der Waals surface area contributed by atoms with Crippen molar-refractivity contribution in [3.05, 3.63) is 12.2 Å². The maximum Gasteiger partial charge on any atom is 0.00698 e. The van der Waals surface area contributed by atoms with E-state index in [9.17, 15) is 0 Å². The van der Waals surface area contributed by atoms with Crippen molar-refractivity contribution >= 4 is 0 Å². The Morgan fingerprint density at radius 3 is 2.73 bits per heavy atom. The highest BCUT2D eigenvalue weighted by molar-refractivity contribution is 4.92. The first-order chi connectivity index (χ1) is 7.22. The second-order valence-electron chi connectivity index (χ2n) is 5.20. The Balaban J connectivity index is 2.35. The lowest BCUT2D eigenvalue weighted by Crippen LogP contribution is -2.30. The van der Waals surface area contributed by atoms with Crippen molar-refractivity contribution < 1.29 is 0 Å². The Hall–Kier alpha value is -0.300. The van der Waals surface area contributed by atoms with Gasteiger partial charge in [-0.05, 0) is 45.1 Å². The molecule has 1 heteroatoms. The summed E-state index contributed by atoms with van der Waals surface area (Å²) in [7, 11) is 0. The van der Waals surface area contributed by atoms with Crippen molar-refractivity contribution in [1.82, 2.24) is 5.32 Å². The van der Waals surface area contributed by atoms with Gasteiger partial charge in [0.1, 0.15) is 0 Å². The molecule has 15 heavy (non-hydrogen) atoms. The summed E-state index contributed by atoms with van der Waals surface area (Å²) in [5.41, 5.74) is 1.36. The average Bonchev–Trinajstić information content (AvgIpc) is 2.39. The van der Waals surface area contributed by atoms with Crippen LogP contribution in [0.3, 0.4) is 0 Å². The van der Waals surface area contributed by atoms with Crippen LogP contribution in [0.1, 0.15) is 58.8 Å². The highest BCUT2D eigenvalue weighted by atomic mass is 14.9. The van der Waals surface area contributed by atoms with Gasteiger partial charge in [-0.15, -0.1) is 6.58 Å². The van der Waals surface area contributed by atoms with Crippen LogP contribution in [0.2, 0.25) is 0 Å². The van der Waals surface area contributed by atoms with E-state index in [2.05, 4.69) is 25.7 Å².